The van der Waals surface area contributed by atoms with Gasteiger partial charge in [0.25, 0.3) is 0 Å². The van der Waals surface area contributed by atoms with Crippen molar-refractivity contribution < 1.29 is 9.13 Å². The van der Waals surface area contributed by atoms with E-state index in [2.05, 4.69) is 28.2 Å². The Morgan fingerprint density at radius 2 is 2.21 bits per heavy atom. The van der Waals surface area contributed by atoms with Crippen molar-refractivity contribution in [2.75, 3.05) is 20.3 Å². The molecule has 1 unspecified atom stereocenters. The Morgan fingerprint density at radius 3 is 2.79 bits per heavy atom. The van der Waals surface area contributed by atoms with E-state index >= 15 is 0 Å². The van der Waals surface area contributed by atoms with Crippen LogP contribution < -0.4 is 5.32 Å². The van der Waals surface area contributed by atoms with Crippen molar-refractivity contribution in [3.05, 3.63) is 34.1 Å². The van der Waals surface area contributed by atoms with Gasteiger partial charge in [-0.15, -0.1) is 0 Å². The molecule has 0 heterocycles. The minimum atomic E-state index is -0.207. The molecular weight excluding hydrogens is 309 g/mol. The van der Waals surface area contributed by atoms with Gasteiger partial charge in [0, 0.05) is 30.8 Å². The standard InChI is InChI=1S/C15H21BrFNO/c1-11(13-4-3-12(17)9-14(13)16)18-10-15(5-6-15)7-8-19-2/h3-4,9,11,18H,5-8,10H2,1-2H3. The highest BCUT2D eigenvalue weighted by Crippen LogP contribution is 2.48. The van der Waals surface area contributed by atoms with Gasteiger partial charge in [-0.1, -0.05) is 22.0 Å². The molecule has 4 heteroatoms. The fraction of sp³-hybridized carbons (Fsp3) is 0.600. The molecule has 0 radical (unpaired) electrons. The monoisotopic (exact) mass is 329 g/mol. The van der Waals surface area contributed by atoms with Crippen molar-refractivity contribution in [1.29, 1.82) is 0 Å². The topological polar surface area (TPSA) is 21.3 Å². The Morgan fingerprint density at radius 1 is 1.47 bits per heavy atom. The smallest absolute Gasteiger partial charge is 0.124 e. The zero-order valence-corrected chi connectivity index (χ0v) is 13.1. The average molecular weight is 330 g/mol. The molecule has 1 N–H and O–H groups in total. The quantitative estimate of drug-likeness (QED) is 0.814. The van der Waals surface area contributed by atoms with Gasteiger partial charge in [-0.3, -0.25) is 0 Å². The molecule has 19 heavy (non-hydrogen) atoms. The first-order valence-corrected chi connectivity index (χ1v) is 7.53. The summed E-state index contributed by atoms with van der Waals surface area (Å²) >= 11 is 3.43. The van der Waals surface area contributed by atoms with Crippen molar-refractivity contribution in [3.63, 3.8) is 0 Å². The number of hydrogen-bond acceptors (Lipinski definition) is 2. The number of rotatable bonds is 7. The molecule has 1 aromatic rings. The Balaban J connectivity index is 1.89. The summed E-state index contributed by atoms with van der Waals surface area (Å²) < 4.78 is 19.1. The minimum absolute atomic E-state index is 0.207. The van der Waals surface area contributed by atoms with Crippen LogP contribution in [0.3, 0.4) is 0 Å². The first kappa shape index (κ1) is 14.9. The molecule has 106 valence electrons. The molecule has 2 nitrogen and oxygen atoms in total. The Hall–Kier alpha value is -0.450. The summed E-state index contributed by atoms with van der Waals surface area (Å²) in [6, 6.07) is 5.09. The van der Waals surface area contributed by atoms with E-state index in [-0.39, 0.29) is 11.9 Å². The third kappa shape index (κ3) is 4.01. The maximum atomic E-state index is 13.1. The third-order valence-corrected chi connectivity index (χ3v) is 4.69. The first-order valence-electron chi connectivity index (χ1n) is 6.74. The van der Waals surface area contributed by atoms with Crippen LogP contribution in [0.4, 0.5) is 4.39 Å². The Bertz CT molecular complexity index is 434. The maximum Gasteiger partial charge on any atom is 0.124 e. The van der Waals surface area contributed by atoms with E-state index in [1.807, 2.05) is 6.07 Å². The van der Waals surface area contributed by atoms with Gasteiger partial charge in [0.1, 0.15) is 5.82 Å². The lowest BCUT2D eigenvalue weighted by atomic mass is 10.0. The molecule has 0 amide bonds. The molecule has 0 aliphatic heterocycles. The zero-order chi connectivity index (χ0) is 13.9. The molecule has 1 atom stereocenters. The van der Waals surface area contributed by atoms with E-state index in [9.17, 15) is 4.39 Å². The van der Waals surface area contributed by atoms with Crippen LogP contribution >= 0.6 is 15.9 Å². The molecule has 1 aromatic carbocycles. The van der Waals surface area contributed by atoms with Gasteiger partial charge in [-0.25, -0.2) is 4.39 Å². The van der Waals surface area contributed by atoms with Crippen LogP contribution in [0.1, 0.15) is 37.8 Å². The van der Waals surface area contributed by atoms with Crippen LogP contribution in [-0.2, 0) is 4.74 Å². The van der Waals surface area contributed by atoms with E-state index in [1.54, 1.807) is 7.11 Å². The number of ether oxygens (including phenoxy) is 1. The lowest BCUT2D eigenvalue weighted by Crippen LogP contribution is -2.27. The van der Waals surface area contributed by atoms with Gasteiger partial charge in [0.15, 0.2) is 0 Å². The normalized spacial score (nSPS) is 18.3. The lowest BCUT2D eigenvalue weighted by Gasteiger charge is -2.21. The molecule has 0 aromatic heterocycles. The molecule has 1 fully saturated rings. The summed E-state index contributed by atoms with van der Waals surface area (Å²) in [6.07, 6.45) is 3.68. The van der Waals surface area contributed by atoms with Crippen LogP contribution in [-0.4, -0.2) is 20.3 Å². The van der Waals surface area contributed by atoms with Crippen LogP contribution in [0, 0.1) is 11.2 Å². The molecule has 0 spiro atoms. The van der Waals surface area contributed by atoms with Gasteiger partial charge in [-0.05, 0) is 49.3 Å². The van der Waals surface area contributed by atoms with Gasteiger partial charge in [-0.2, -0.15) is 0 Å². The zero-order valence-electron chi connectivity index (χ0n) is 11.5. The Labute approximate surface area is 122 Å². The fourth-order valence-corrected chi connectivity index (χ4v) is 3.04. The average Bonchev–Trinajstić information content (AvgIpc) is 3.14. The predicted octanol–water partition coefficient (Wildman–Crippen LogP) is 4.06. The second-order valence-electron chi connectivity index (χ2n) is 5.51. The molecular formula is C15H21BrFNO. The highest BCUT2D eigenvalue weighted by atomic mass is 79.9. The number of benzene rings is 1. The molecule has 1 saturated carbocycles. The number of halogens is 2. The van der Waals surface area contributed by atoms with Crippen LogP contribution in [0.2, 0.25) is 0 Å². The molecule has 1 aliphatic rings. The van der Waals surface area contributed by atoms with E-state index < -0.39 is 0 Å². The SMILES string of the molecule is COCCC1(CNC(C)c2ccc(F)cc2Br)CC1. The van der Waals surface area contributed by atoms with Crippen LogP contribution in [0.25, 0.3) is 0 Å². The second-order valence-corrected chi connectivity index (χ2v) is 6.37. The summed E-state index contributed by atoms with van der Waals surface area (Å²) in [5, 5.41) is 3.56. The molecule has 1 aliphatic carbocycles. The number of nitrogens with one attached hydrogen (secondary N) is 1. The third-order valence-electron chi connectivity index (χ3n) is 4.01. The second kappa shape index (κ2) is 6.33. The van der Waals surface area contributed by atoms with Gasteiger partial charge in [0.2, 0.25) is 0 Å². The minimum Gasteiger partial charge on any atom is -0.385 e. The fourth-order valence-electron chi connectivity index (χ4n) is 2.34. The molecule has 2 rings (SSSR count). The number of methoxy groups -OCH3 is 1. The summed E-state index contributed by atoms with van der Waals surface area (Å²) in [5.74, 6) is -0.207. The van der Waals surface area contributed by atoms with Gasteiger partial charge < -0.3 is 10.1 Å². The largest absolute Gasteiger partial charge is 0.385 e. The molecule has 0 bridgehead atoms. The van der Waals surface area contributed by atoms with E-state index in [1.165, 1.54) is 25.0 Å². The lowest BCUT2D eigenvalue weighted by molar-refractivity contribution is 0.170. The van der Waals surface area contributed by atoms with E-state index in [0.29, 0.717) is 5.41 Å². The van der Waals surface area contributed by atoms with Gasteiger partial charge in [0.05, 0.1) is 0 Å². The van der Waals surface area contributed by atoms with Gasteiger partial charge >= 0.3 is 0 Å². The predicted molar refractivity (Wildman–Crippen MR) is 78.7 cm³/mol. The van der Waals surface area contributed by atoms with Crippen molar-refractivity contribution in [2.24, 2.45) is 5.41 Å². The summed E-state index contributed by atoms with van der Waals surface area (Å²) in [7, 11) is 1.75. The van der Waals surface area contributed by atoms with Crippen LogP contribution in [0.15, 0.2) is 22.7 Å². The molecule has 0 saturated heterocycles. The van der Waals surface area contributed by atoms with Crippen molar-refractivity contribution in [1.82, 2.24) is 5.32 Å². The highest BCUT2D eigenvalue weighted by Gasteiger charge is 2.41. The summed E-state index contributed by atoms with van der Waals surface area (Å²) in [5.41, 5.74) is 1.53. The van der Waals surface area contributed by atoms with Crippen LogP contribution in [0.5, 0.6) is 0 Å². The van der Waals surface area contributed by atoms with Crippen molar-refractivity contribution >= 4 is 15.9 Å². The maximum absolute atomic E-state index is 13.1. The van der Waals surface area contributed by atoms with E-state index in [0.717, 1.165) is 29.6 Å². The summed E-state index contributed by atoms with van der Waals surface area (Å²) in [6.45, 7) is 3.95. The van der Waals surface area contributed by atoms with E-state index in [4.69, 9.17) is 4.74 Å². The van der Waals surface area contributed by atoms with Crippen molar-refractivity contribution in [3.8, 4) is 0 Å². The highest BCUT2D eigenvalue weighted by molar-refractivity contribution is 9.10. The Kier molecular flexibility index (Phi) is 4.98. The summed E-state index contributed by atoms with van der Waals surface area (Å²) in [4.78, 5) is 0. The van der Waals surface area contributed by atoms with Crippen molar-refractivity contribution in [2.45, 2.75) is 32.2 Å². The first-order chi connectivity index (χ1) is 9.06. The number of hydrogen-bond donors (Lipinski definition) is 1.